The number of carbonyl (C=O) groups is 1. The van der Waals surface area contributed by atoms with Crippen molar-refractivity contribution in [1.82, 2.24) is 4.72 Å². The molecule has 1 rings (SSSR count). The predicted octanol–water partition coefficient (Wildman–Crippen LogP) is 3.04. The highest BCUT2D eigenvalue weighted by Crippen LogP contribution is 2.20. The Bertz CT molecular complexity index is 588. The molecular weight excluding hydrogens is 286 g/mol. The van der Waals surface area contributed by atoms with Crippen LogP contribution >= 0.6 is 0 Å². The Labute approximate surface area is 127 Å². The first kappa shape index (κ1) is 17.4. The summed E-state index contributed by atoms with van der Waals surface area (Å²) in [7, 11) is -3.79. The van der Waals surface area contributed by atoms with E-state index in [1.165, 1.54) is 12.1 Å². The lowest BCUT2D eigenvalue weighted by Gasteiger charge is -2.18. The van der Waals surface area contributed by atoms with E-state index in [0.29, 0.717) is 6.42 Å². The SMILES string of the molecule is C=CCC(CC(=O)NS(=O)(=O)c1ccc(C)cc1)C(C)C. The van der Waals surface area contributed by atoms with Gasteiger partial charge in [0, 0.05) is 6.42 Å². The number of rotatable bonds is 7. The molecule has 0 spiro atoms. The summed E-state index contributed by atoms with van der Waals surface area (Å²) in [5.74, 6) is -0.0947. The zero-order valence-corrected chi connectivity index (χ0v) is 13.6. The van der Waals surface area contributed by atoms with Gasteiger partial charge in [-0.2, -0.15) is 0 Å². The second-order valence-electron chi connectivity index (χ2n) is 5.57. The zero-order valence-electron chi connectivity index (χ0n) is 12.8. The van der Waals surface area contributed by atoms with Gasteiger partial charge in [0.2, 0.25) is 5.91 Å². The first-order chi connectivity index (χ1) is 9.76. The molecule has 0 aliphatic carbocycles. The number of hydrogen-bond acceptors (Lipinski definition) is 3. The van der Waals surface area contributed by atoms with Crippen LogP contribution in [-0.4, -0.2) is 14.3 Å². The number of sulfonamides is 1. The lowest BCUT2D eigenvalue weighted by atomic mass is 9.89. The molecule has 0 aromatic heterocycles. The minimum absolute atomic E-state index is 0.0933. The van der Waals surface area contributed by atoms with Crippen LogP contribution in [0, 0.1) is 18.8 Å². The van der Waals surface area contributed by atoms with Crippen LogP contribution in [0.15, 0.2) is 41.8 Å². The Morgan fingerprint density at radius 3 is 2.33 bits per heavy atom. The maximum atomic E-state index is 12.1. The number of amides is 1. The summed E-state index contributed by atoms with van der Waals surface area (Å²) in [4.78, 5) is 12.1. The molecule has 0 radical (unpaired) electrons. The molecule has 0 aliphatic rings. The molecule has 0 bridgehead atoms. The van der Waals surface area contributed by atoms with Crippen LogP contribution in [0.4, 0.5) is 0 Å². The molecule has 0 fully saturated rings. The van der Waals surface area contributed by atoms with Crippen molar-refractivity contribution in [2.24, 2.45) is 11.8 Å². The van der Waals surface area contributed by atoms with E-state index in [1.54, 1.807) is 18.2 Å². The topological polar surface area (TPSA) is 63.2 Å². The zero-order chi connectivity index (χ0) is 16.0. The average Bonchev–Trinajstić information content (AvgIpc) is 2.37. The van der Waals surface area contributed by atoms with Crippen molar-refractivity contribution in [3.63, 3.8) is 0 Å². The van der Waals surface area contributed by atoms with Crippen molar-refractivity contribution in [1.29, 1.82) is 0 Å². The van der Waals surface area contributed by atoms with Gasteiger partial charge in [-0.1, -0.05) is 37.6 Å². The van der Waals surface area contributed by atoms with E-state index in [9.17, 15) is 13.2 Å². The highest BCUT2D eigenvalue weighted by molar-refractivity contribution is 7.90. The first-order valence-corrected chi connectivity index (χ1v) is 8.47. The monoisotopic (exact) mass is 309 g/mol. The van der Waals surface area contributed by atoms with Gasteiger partial charge in [0.1, 0.15) is 0 Å². The van der Waals surface area contributed by atoms with E-state index in [0.717, 1.165) is 5.56 Å². The van der Waals surface area contributed by atoms with E-state index >= 15 is 0 Å². The molecule has 1 atom stereocenters. The van der Waals surface area contributed by atoms with Crippen LogP contribution in [-0.2, 0) is 14.8 Å². The Morgan fingerprint density at radius 2 is 1.86 bits per heavy atom. The maximum absolute atomic E-state index is 12.1. The van der Waals surface area contributed by atoms with Crippen molar-refractivity contribution in [2.75, 3.05) is 0 Å². The number of allylic oxidation sites excluding steroid dienone is 1. The van der Waals surface area contributed by atoms with Crippen molar-refractivity contribution in [2.45, 2.75) is 38.5 Å². The fourth-order valence-electron chi connectivity index (χ4n) is 2.01. The van der Waals surface area contributed by atoms with Crippen LogP contribution < -0.4 is 4.72 Å². The summed E-state index contributed by atoms with van der Waals surface area (Å²) in [6.45, 7) is 9.56. The third-order valence-electron chi connectivity index (χ3n) is 3.44. The molecule has 1 N–H and O–H groups in total. The molecule has 1 unspecified atom stereocenters. The molecule has 116 valence electrons. The van der Waals surface area contributed by atoms with Gasteiger partial charge in [-0.3, -0.25) is 4.79 Å². The predicted molar refractivity (Wildman–Crippen MR) is 84.3 cm³/mol. The van der Waals surface area contributed by atoms with Crippen molar-refractivity contribution in [3.05, 3.63) is 42.5 Å². The fraction of sp³-hybridized carbons (Fsp3) is 0.438. The molecule has 21 heavy (non-hydrogen) atoms. The van der Waals surface area contributed by atoms with Crippen LogP contribution in [0.5, 0.6) is 0 Å². The van der Waals surface area contributed by atoms with Crippen LogP contribution in [0.2, 0.25) is 0 Å². The molecule has 5 heteroatoms. The Balaban J connectivity index is 2.77. The summed E-state index contributed by atoms with van der Waals surface area (Å²) in [5, 5.41) is 0. The van der Waals surface area contributed by atoms with Crippen LogP contribution in [0.25, 0.3) is 0 Å². The molecule has 0 aliphatic heterocycles. The second kappa shape index (κ2) is 7.41. The molecular formula is C16H23NO3S. The lowest BCUT2D eigenvalue weighted by molar-refractivity contribution is -0.120. The highest BCUT2D eigenvalue weighted by Gasteiger charge is 2.21. The summed E-state index contributed by atoms with van der Waals surface area (Å²) in [6.07, 6.45) is 2.62. The lowest BCUT2D eigenvalue weighted by Crippen LogP contribution is -2.32. The maximum Gasteiger partial charge on any atom is 0.264 e. The third kappa shape index (κ3) is 5.34. The normalized spacial score (nSPS) is 13.0. The number of nitrogens with one attached hydrogen (secondary N) is 1. The summed E-state index contributed by atoms with van der Waals surface area (Å²) >= 11 is 0. The van der Waals surface area contributed by atoms with Crippen LogP contribution in [0.3, 0.4) is 0 Å². The molecule has 1 aromatic carbocycles. The Hall–Kier alpha value is -1.62. The average molecular weight is 309 g/mol. The van der Waals surface area contributed by atoms with Gasteiger partial charge < -0.3 is 0 Å². The van der Waals surface area contributed by atoms with Crippen molar-refractivity contribution in [3.8, 4) is 0 Å². The van der Waals surface area contributed by atoms with Crippen molar-refractivity contribution < 1.29 is 13.2 Å². The minimum Gasteiger partial charge on any atom is -0.274 e. The van der Waals surface area contributed by atoms with E-state index in [-0.39, 0.29) is 23.2 Å². The molecule has 1 amide bonds. The molecule has 0 saturated carbocycles. The largest absolute Gasteiger partial charge is 0.274 e. The second-order valence-corrected chi connectivity index (χ2v) is 7.26. The first-order valence-electron chi connectivity index (χ1n) is 6.99. The summed E-state index contributed by atoms with van der Waals surface area (Å²) in [6, 6.07) is 6.39. The molecule has 4 nitrogen and oxygen atoms in total. The van der Waals surface area contributed by atoms with Gasteiger partial charge in [-0.15, -0.1) is 6.58 Å². The summed E-state index contributed by atoms with van der Waals surface area (Å²) < 4.78 is 26.4. The molecule has 0 saturated heterocycles. The smallest absolute Gasteiger partial charge is 0.264 e. The highest BCUT2D eigenvalue weighted by atomic mass is 32.2. The third-order valence-corrected chi connectivity index (χ3v) is 4.83. The van der Waals surface area contributed by atoms with Gasteiger partial charge in [0.15, 0.2) is 0 Å². The van der Waals surface area contributed by atoms with E-state index in [2.05, 4.69) is 11.3 Å². The quantitative estimate of drug-likeness (QED) is 0.787. The fourth-order valence-corrected chi connectivity index (χ4v) is 3.01. The van der Waals surface area contributed by atoms with Crippen LogP contribution in [0.1, 0.15) is 32.3 Å². The molecule has 0 heterocycles. The van der Waals surface area contributed by atoms with Gasteiger partial charge in [0.25, 0.3) is 10.0 Å². The Kier molecular flexibility index (Phi) is 6.15. The van der Waals surface area contributed by atoms with E-state index in [1.807, 2.05) is 20.8 Å². The number of aryl methyl sites for hydroxylation is 1. The molecule has 1 aromatic rings. The number of carbonyl (C=O) groups excluding carboxylic acids is 1. The van der Waals surface area contributed by atoms with Crippen molar-refractivity contribution >= 4 is 15.9 Å². The minimum atomic E-state index is -3.79. The Morgan fingerprint density at radius 1 is 1.29 bits per heavy atom. The van der Waals surface area contributed by atoms with Gasteiger partial charge >= 0.3 is 0 Å². The van der Waals surface area contributed by atoms with E-state index < -0.39 is 15.9 Å². The van der Waals surface area contributed by atoms with E-state index in [4.69, 9.17) is 0 Å². The number of benzene rings is 1. The number of hydrogen-bond donors (Lipinski definition) is 1. The van der Waals surface area contributed by atoms with Gasteiger partial charge in [0.05, 0.1) is 4.90 Å². The standard InChI is InChI=1S/C16H23NO3S/c1-5-6-14(12(2)3)11-16(18)17-21(19,20)15-9-7-13(4)8-10-15/h5,7-10,12,14H,1,6,11H2,2-4H3,(H,17,18). The van der Waals surface area contributed by atoms with Gasteiger partial charge in [-0.25, -0.2) is 13.1 Å². The summed E-state index contributed by atoms with van der Waals surface area (Å²) in [5.41, 5.74) is 0.964. The van der Waals surface area contributed by atoms with Gasteiger partial charge in [-0.05, 0) is 37.3 Å².